The largest absolute Gasteiger partial charge is 0.523 e. The van der Waals surface area contributed by atoms with Crippen LogP contribution in [0.5, 0.6) is 0 Å². The van der Waals surface area contributed by atoms with E-state index in [1.165, 1.54) is 22.6 Å². The van der Waals surface area contributed by atoms with Gasteiger partial charge in [0.05, 0.1) is 13.0 Å². The Morgan fingerprint density at radius 1 is 1.25 bits per heavy atom. The minimum atomic E-state index is -6.06. The topological polar surface area (TPSA) is 169 Å². The van der Waals surface area contributed by atoms with Crippen molar-refractivity contribution >= 4 is 44.6 Å². The van der Waals surface area contributed by atoms with Gasteiger partial charge in [-0.3, -0.25) is 8.98 Å². The van der Waals surface area contributed by atoms with Crippen LogP contribution in [0.1, 0.15) is 6.42 Å². The maximum atomic E-state index is 14.3. The summed E-state index contributed by atoms with van der Waals surface area (Å²) in [4.78, 5) is 24.4. The predicted octanol–water partition coefficient (Wildman–Crippen LogP) is -0.955. The summed E-state index contributed by atoms with van der Waals surface area (Å²) in [6.07, 6.45) is -11.0. The van der Waals surface area contributed by atoms with Gasteiger partial charge in [0.1, 0.15) is 22.4 Å². The van der Waals surface area contributed by atoms with E-state index in [0.717, 1.165) is 0 Å². The molecule has 0 aromatic carbocycles. The summed E-state index contributed by atoms with van der Waals surface area (Å²) in [7, 11) is -6.06. The van der Waals surface area contributed by atoms with E-state index in [1.54, 1.807) is 5.32 Å². The van der Waals surface area contributed by atoms with E-state index >= 15 is 0 Å². The standard InChI is InChI=1S/C14H15F4IN2O10S/c15-4-2-21(13(26)20-11(4)25,12-9(24)8(23)6(3-22)29-12)7-1-5(10(19)30-7)31-32(27,28)14(16,17)18/h2,5-10,12,22-24H,1,3H2/p+1/t5-,6+,7-,8+,9+,10-,12+,21?/m0/s1. The number of ether oxygens (including phenoxy) is 2. The zero-order chi connectivity index (χ0) is 24.2. The lowest BCUT2D eigenvalue weighted by Gasteiger charge is -2.42. The van der Waals surface area contributed by atoms with Gasteiger partial charge in [-0.25, -0.2) is 10.1 Å². The molecule has 4 N–H and O–H groups in total. The van der Waals surface area contributed by atoms with Crippen molar-refractivity contribution < 1.29 is 69.0 Å². The van der Waals surface area contributed by atoms with Crippen LogP contribution in [-0.4, -0.2) is 93.3 Å². The average Bonchev–Trinajstić information content (AvgIpc) is 3.18. The third-order valence-corrected chi connectivity index (χ3v) is 7.24. The smallest absolute Gasteiger partial charge is 0.394 e. The molecule has 0 bridgehead atoms. The number of aliphatic hydroxyl groups excluding tert-OH is 3. The van der Waals surface area contributed by atoms with Crippen LogP contribution in [0, 0.1) is 0 Å². The summed E-state index contributed by atoms with van der Waals surface area (Å²) in [5, 5.41) is 31.3. The molecule has 12 nitrogen and oxygen atoms in total. The molecule has 2 fully saturated rings. The predicted molar refractivity (Wildman–Crippen MR) is 97.9 cm³/mol. The lowest BCUT2D eigenvalue weighted by molar-refractivity contribution is -0.901. The molecule has 3 aliphatic heterocycles. The Labute approximate surface area is 190 Å². The van der Waals surface area contributed by atoms with Crippen molar-refractivity contribution in [2.75, 3.05) is 6.61 Å². The lowest BCUT2D eigenvalue weighted by atomic mass is 10.1. The lowest BCUT2D eigenvalue weighted by Crippen LogP contribution is -2.70. The number of aliphatic hydroxyl groups is 3. The van der Waals surface area contributed by atoms with E-state index in [1.807, 2.05) is 0 Å². The van der Waals surface area contributed by atoms with Crippen LogP contribution in [0.4, 0.5) is 22.4 Å². The van der Waals surface area contributed by atoms with Crippen LogP contribution in [0.15, 0.2) is 12.0 Å². The van der Waals surface area contributed by atoms with Crippen LogP contribution in [-0.2, 0) is 28.6 Å². The zero-order valence-corrected chi connectivity index (χ0v) is 18.5. The number of rotatable bonds is 5. The molecule has 32 heavy (non-hydrogen) atoms. The van der Waals surface area contributed by atoms with E-state index in [9.17, 15) is 50.9 Å². The van der Waals surface area contributed by atoms with Crippen LogP contribution in [0.25, 0.3) is 0 Å². The van der Waals surface area contributed by atoms with Gasteiger partial charge in [0.25, 0.3) is 5.91 Å². The van der Waals surface area contributed by atoms with E-state index in [4.69, 9.17) is 9.47 Å². The molecule has 3 heterocycles. The fraction of sp³-hybridized carbons (Fsp3) is 0.714. The first-order valence-electron chi connectivity index (χ1n) is 8.69. The highest BCUT2D eigenvalue weighted by Gasteiger charge is 2.65. The molecule has 0 radical (unpaired) electrons. The number of urea groups is 1. The number of nitrogens with zero attached hydrogens (tertiary/aromatic N) is 1. The third kappa shape index (κ3) is 4.15. The van der Waals surface area contributed by atoms with E-state index in [-0.39, 0.29) is 0 Å². The third-order valence-electron chi connectivity index (χ3n) is 5.08. The second-order valence-corrected chi connectivity index (χ2v) is 9.80. The minimum Gasteiger partial charge on any atom is -0.394 e. The molecule has 0 aliphatic carbocycles. The number of amides is 3. The van der Waals surface area contributed by atoms with Crippen molar-refractivity contribution in [3.63, 3.8) is 0 Å². The van der Waals surface area contributed by atoms with Crippen molar-refractivity contribution in [1.29, 1.82) is 0 Å². The Balaban J connectivity index is 2.01. The highest BCUT2D eigenvalue weighted by Crippen LogP contribution is 2.43. The Bertz CT molecular complexity index is 933. The molecule has 18 heteroatoms. The van der Waals surface area contributed by atoms with Crippen molar-refractivity contribution in [2.24, 2.45) is 0 Å². The summed E-state index contributed by atoms with van der Waals surface area (Å²) < 4.78 is 87.0. The van der Waals surface area contributed by atoms with Gasteiger partial charge in [-0.1, -0.05) is 0 Å². The quantitative estimate of drug-likeness (QED) is 0.0764. The Morgan fingerprint density at radius 2 is 1.88 bits per heavy atom. The second-order valence-electron chi connectivity index (χ2n) is 7.01. The highest BCUT2D eigenvalue weighted by molar-refractivity contribution is 14.1. The van der Waals surface area contributed by atoms with Crippen molar-refractivity contribution in [1.82, 2.24) is 5.32 Å². The molecule has 3 rings (SSSR count). The first-order chi connectivity index (χ1) is 14.7. The molecule has 2 saturated heterocycles. The summed E-state index contributed by atoms with van der Waals surface area (Å²) in [6, 6.07) is -1.35. The number of imide groups is 1. The van der Waals surface area contributed by atoms with Gasteiger partial charge in [-0.05, 0) is 22.6 Å². The molecule has 1 unspecified atom stereocenters. The molecular weight excluding hydrogens is 591 g/mol. The zero-order valence-electron chi connectivity index (χ0n) is 15.5. The second kappa shape index (κ2) is 8.65. The van der Waals surface area contributed by atoms with Gasteiger partial charge < -0.3 is 24.8 Å². The van der Waals surface area contributed by atoms with Crippen LogP contribution in [0.2, 0.25) is 0 Å². The van der Waals surface area contributed by atoms with Crippen molar-refractivity contribution in [3.05, 3.63) is 12.0 Å². The van der Waals surface area contributed by atoms with Crippen LogP contribution < -0.4 is 5.32 Å². The summed E-state index contributed by atoms with van der Waals surface area (Å²) >= 11 is 1.39. The van der Waals surface area contributed by atoms with E-state index < -0.39 is 91.9 Å². The number of hydrogen-bond acceptors (Lipinski definition) is 10. The van der Waals surface area contributed by atoms with Gasteiger partial charge >= 0.3 is 21.7 Å². The Morgan fingerprint density at radius 3 is 2.41 bits per heavy atom. The molecular formula is C14H16F4IN2O10S+. The number of alkyl halides is 4. The minimum absolute atomic E-state index is 0.371. The fourth-order valence-corrected chi connectivity index (χ4v) is 5.13. The molecule has 3 amide bonds. The van der Waals surface area contributed by atoms with Crippen molar-refractivity contribution in [3.8, 4) is 0 Å². The van der Waals surface area contributed by atoms with Crippen LogP contribution in [0.3, 0.4) is 0 Å². The number of nitrogens with one attached hydrogen (secondary N) is 1. The monoisotopic (exact) mass is 607 g/mol. The normalized spacial score (nSPS) is 41.0. The first-order valence-corrected chi connectivity index (χ1v) is 11.3. The van der Waals surface area contributed by atoms with Gasteiger partial charge in [0.15, 0.2) is 12.3 Å². The summed E-state index contributed by atoms with van der Waals surface area (Å²) in [5.74, 6) is -3.02. The van der Waals surface area contributed by atoms with Gasteiger partial charge in [-0.15, -0.1) is 0 Å². The van der Waals surface area contributed by atoms with E-state index in [0.29, 0.717) is 6.20 Å². The Hall–Kier alpha value is -1.00. The van der Waals surface area contributed by atoms with Crippen LogP contribution >= 0.6 is 22.6 Å². The number of quaternary nitrogens is 1. The first kappa shape index (κ1) is 25.6. The molecule has 8 atom stereocenters. The maximum Gasteiger partial charge on any atom is 0.523 e. The molecule has 0 saturated carbocycles. The molecule has 0 aromatic rings. The summed E-state index contributed by atoms with van der Waals surface area (Å²) in [5.41, 5.74) is -5.75. The maximum absolute atomic E-state index is 14.3. The SMILES string of the molecule is O=C1NC(=O)[N+]([C@@H]2C[C@H](OS(=O)(=O)C(F)(F)F)[C@@H](I)O2)([C@@H]2O[C@H](CO)[C@@H](O)[C@H]2O)C=C1F. The number of hydrogen-bond donors (Lipinski definition) is 4. The average molecular weight is 607 g/mol. The number of carbonyl (C=O) groups excluding carboxylic acids is 2. The van der Waals surface area contributed by atoms with Gasteiger partial charge in [0.2, 0.25) is 18.3 Å². The summed E-state index contributed by atoms with van der Waals surface area (Å²) in [6.45, 7) is -0.836. The molecule has 0 aromatic heterocycles. The highest BCUT2D eigenvalue weighted by atomic mass is 127. The van der Waals surface area contributed by atoms with E-state index in [2.05, 4.69) is 4.18 Å². The molecule has 3 aliphatic rings. The Kier molecular flexibility index (Phi) is 6.93. The fourth-order valence-electron chi connectivity index (χ4n) is 3.53. The van der Waals surface area contributed by atoms with Gasteiger partial charge in [0, 0.05) is 0 Å². The number of carbonyl (C=O) groups is 2. The number of halogens is 5. The molecule has 0 spiro atoms. The molecule has 182 valence electrons. The van der Waals surface area contributed by atoms with Crippen molar-refractivity contribution in [2.45, 2.75) is 52.9 Å². The van der Waals surface area contributed by atoms with Gasteiger partial charge in [-0.2, -0.15) is 30.5 Å².